The molecule has 0 fully saturated rings. The number of rotatable bonds is 7. The minimum absolute atomic E-state index is 0.0531. The SMILES string of the molecule is COC(CNS(=O)(=O)Cc1ccccc1)c1ccco1. The highest BCUT2D eigenvalue weighted by atomic mass is 32.2. The molecule has 0 saturated carbocycles. The molecule has 0 saturated heterocycles. The number of sulfonamides is 1. The van der Waals surface area contributed by atoms with Crippen molar-refractivity contribution in [3.63, 3.8) is 0 Å². The lowest BCUT2D eigenvalue weighted by Crippen LogP contribution is -2.30. The summed E-state index contributed by atoms with van der Waals surface area (Å²) < 4.78 is 36.9. The number of benzene rings is 1. The number of hydrogen-bond donors (Lipinski definition) is 1. The van der Waals surface area contributed by atoms with E-state index in [9.17, 15) is 8.42 Å². The Hall–Kier alpha value is -1.63. The molecule has 1 aromatic carbocycles. The van der Waals surface area contributed by atoms with Crippen molar-refractivity contribution in [1.82, 2.24) is 4.72 Å². The van der Waals surface area contributed by atoms with Crippen molar-refractivity contribution in [2.75, 3.05) is 13.7 Å². The Morgan fingerprint density at radius 2 is 1.95 bits per heavy atom. The molecule has 0 amide bonds. The quantitative estimate of drug-likeness (QED) is 0.849. The molecule has 0 radical (unpaired) electrons. The molecular formula is C14H17NO4S. The van der Waals surface area contributed by atoms with Crippen molar-refractivity contribution < 1.29 is 17.6 Å². The second-order valence-corrected chi connectivity index (χ2v) is 6.14. The summed E-state index contributed by atoms with van der Waals surface area (Å²) in [6.07, 6.45) is 1.09. The first-order valence-corrected chi connectivity index (χ1v) is 7.83. The van der Waals surface area contributed by atoms with Gasteiger partial charge in [0.15, 0.2) is 0 Å². The number of furan rings is 1. The second-order valence-electron chi connectivity index (χ2n) is 4.33. The van der Waals surface area contributed by atoms with Crippen LogP contribution in [0.25, 0.3) is 0 Å². The van der Waals surface area contributed by atoms with Crippen LogP contribution in [0.5, 0.6) is 0 Å². The maximum absolute atomic E-state index is 12.0. The van der Waals surface area contributed by atoms with E-state index in [4.69, 9.17) is 9.15 Å². The van der Waals surface area contributed by atoms with Crippen molar-refractivity contribution in [2.45, 2.75) is 11.9 Å². The maximum atomic E-state index is 12.0. The zero-order valence-corrected chi connectivity index (χ0v) is 12.0. The molecule has 1 unspecified atom stereocenters. The Morgan fingerprint density at radius 3 is 2.55 bits per heavy atom. The fourth-order valence-corrected chi connectivity index (χ4v) is 2.96. The number of nitrogens with one attached hydrogen (secondary N) is 1. The van der Waals surface area contributed by atoms with Crippen molar-refractivity contribution in [1.29, 1.82) is 0 Å². The predicted molar refractivity (Wildman–Crippen MR) is 75.5 cm³/mol. The van der Waals surface area contributed by atoms with Crippen LogP contribution in [0.1, 0.15) is 17.4 Å². The molecule has 108 valence electrons. The summed E-state index contributed by atoms with van der Waals surface area (Å²) in [6, 6.07) is 12.5. The van der Waals surface area contributed by atoms with E-state index in [1.165, 1.54) is 13.4 Å². The molecular weight excluding hydrogens is 278 g/mol. The van der Waals surface area contributed by atoms with Gasteiger partial charge in [0.25, 0.3) is 0 Å². The third-order valence-electron chi connectivity index (χ3n) is 2.83. The molecule has 0 aliphatic carbocycles. The number of ether oxygens (including phenoxy) is 1. The lowest BCUT2D eigenvalue weighted by Gasteiger charge is -2.14. The zero-order valence-electron chi connectivity index (χ0n) is 11.2. The summed E-state index contributed by atoms with van der Waals surface area (Å²) in [6.45, 7) is 0.138. The van der Waals surface area contributed by atoms with Crippen LogP contribution in [0, 0.1) is 0 Å². The van der Waals surface area contributed by atoms with Gasteiger partial charge in [0, 0.05) is 13.7 Å². The van der Waals surface area contributed by atoms with E-state index in [0.717, 1.165) is 5.56 Å². The van der Waals surface area contributed by atoms with Gasteiger partial charge in [-0.1, -0.05) is 30.3 Å². The van der Waals surface area contributed by atoms with Crippen molar-refractivity contribution in [2.24, 2.45) is 0 Å². The third kappa shape index (κ3) is 4.19. The standard InChI is InChI=1S/C14H17NO4S/c1-18-14(13-8-5-9-19-13)10-15-20(16,17)11-12-6-3-2-4-7-12/h2-9,14-15H,10-11H2,1H3. The highest BCUT2D eigenvalue weighted by molar-refractivity contribution is 7.88. The van der Waals surface area contributed by atoms with Crippen LogP contribution < -0.4 is 4.72 Å². The van der Waals surface area contributed by atoms with Gasteiger partial charge in [0.1, 0.15) is 11.9 Å². The van der Waals surface area contributed by atoms with Crippen LogP contribution in [0.4, 0.5) is 0 Å². The topological polar surface area (TPSA) is 68.5 Å². The van der Waals surface area contributed by atoms with E-state index in [-0.39, 0.29) is 12.3 Å². The monoisotopic (exact) mass is 295 g/mol. The first-order valence-electron chi connectivity index (χ1n) is 6.18. The molecule has 0 aliphatic rings. The number of methoxy groups -OCH3 is 1. The summed E-state index contributed by atoms with van der Waals surface area (Å²) in [7, 11) is -1.89. The smallest absolute Gasteiger partial charge is 0.215 e. The van der Waals surface area contributed by atoms with Crippen molar-refractivity contribution in [3.05, 3.63) is 60.1 Å². The Morgan fingerprint density at radius 1 is 1.20 bits per heavy atom. The molecule has 0 spiro atoms. The Balaban J connectivity index is 1.95. The first-order chi connectivity index (χ1) is 9.61. The molecule has 2 rings (SSSR count). The molecule has 6 heteroatoms. The lowest BCUT2D eigenvalue weighted by atomic mass is 10.2. The van der Waals surface area contributed by atoms with Gasteiger partial charge in [-0.25, -0.2) is 13.1 Å². The van der Waals surface area contributed by atoms with E-state index in [2.05, 4.69) is 4.72 Å². The summed E-state index contributed by atoms with van der Waals surface area (Å²) in [4.78, 5) is 0. The molecule has 1 aromatic heterocycles. The van der Waals surface area contributed by atoms with E-state index in [1.807, 2.05) is 18.2 Å². The Labute approximate surface area is 118 Å². The third-order valence-corrected chi connectivity index (χ3v) is 4.15. The highest BCUT2D eigenvalue weighted by Crippen LogP contribution is 2.16. The minimum Gasteiger partial charge on any atom is -0.467 e. The highest BCUT2D eigenvalue weighted by Gasteiger charge is 2.18. The van der Waals surface area contributed by atoms with Gasteiger partial charge in [0.2, 0.25) is 10.0 Å². The Kier molecular flexibility index (Phi) is 4.94. The largest absolute Gasteiger partial charge is 0.467 e. The van der Waals surface area contributed by atoms with E-state index < -0.39 is 16.1 Å². The molecule has 5 nitrogen and oxygen atoms in total. The van der Waals surface area contributed by atoms with Crippen LogP contribution in [-0.2, 0) is 20.5 Å². The van der Waals surface area contributed by atoms with Crippen LogP contribution in [0.3, 0.4) is 0 Å². The van der Waals surface area contributed by atoms with Gasteiger partial charge in [-0.2, -0.15) is 0 Å². The van der Waals surface area contributed by atoms with Crippen molar-refractivity contribution in [3.8, 4) is 0 Å². The normalized spacial score (nSPS) is 13.2. The molecule has 0 aliphatic heterocycles. The number of hydrogen-bond acceptors (Lipinski definition) is 4. The maximum Gasteiger partial charge on any atom is 0.215 e. The summed E-state index contributed by atoms with van der Waals surface area (Å²) in [5, 5.41) is 0. The fourth-order valence-electron chi connectivity index (χ4n) is 1.82. The minimum atomic E-state index is -3.40. The average Bonchev–Trinajstić information content (AvgIpc) is 2.94. The first kappa shape index (κ1) is 14.8. The van der Waals surface area contributed by atoms with Gasteiger partial charge in [-0.15, -0.1) is 0 Å². The molecule has 1 atom stereocenters. The fraction of sp³-hybridized carbons (Fsp3) is 0.286. The van der Waals surface area contributed by atoms with Crippen LogP contribution >= 0.6 is 0 Å². The second kappa shape index (κ2) is 6.69. The zero-order chi connectivity index (χ0) is 14.4. The van der Waals surface area contributed by atoms with Crippen LogP contribution in [0.2, 0.25) is 0 Å². The molecule has 0 bridgehead atoms. The molecule has 1 heterocycles. The van der Waals surface area contributed by atoms with Crippen LogP contribution in [-0.4, -0.2) is 22.1 Å². The van der Waals surface area contributed by atoms with Gasteiger partial charge >= 0.3 is 0 Å². The summed E-state index contributed by atoms with van der Waals surface area (Å²) >= 11 is 0. The van der Waals surface area contributed by atoms with Crippen LogP contribution in [0.15, 0.2) is 53.1 Å². The van der Waals surface area contributed by atoms with Gasteiger partial charge in [-0.05, 0) is 17.7 Å². The van der Waals surface area contributed by atoms with E-state index in [1.54, 1.807) is 24.3 Å². The van der Waals surface area contributed by atoms with E-state index >= 15 is 0 Å². The molecule has 20 heavy (non-hydrogen) atoms. The summed E-state index contributed by atoms with van der Waals surface area (Å²) in [5.74, 6) is 0.539. The summed E-state index contributed by atoms with van der Waals surface area (Å²) in [5.41, 5.74) is 0.743. The lowest BCUT2D eigenvalue weighted by molar-refractivity contribution is 0.0878. The van der Waals surface area contributed by atoms with Gasteiger partial charge < -0.3 is 9.15 Å². The Bertz CT molecular complexity index is 608. The van der Waals surface area contributed by atoms with Gasteiger partial charge in [0.05, 0.1) is 12.0 Å². The predicted octanol–water partition coefficient (Wildman–Crippen LogP) is 2.09. The van der Waals surface area contributed by atoms with Gasteiger partial charge in [-0.3, -0.25) is 0 Å². The van der Waals surface area contributed by atoms with Crippen molar-refractivity contribution >= 4 is 10.0 Å². The molecule has 2 aromatic rings. The van der Waals surface area contributed by atoms with E-state index in [0.29, 0.717) is 5.76 Å². The molecule has 1 N–H and O–H groups in total. The average molecular weight is 295 g/mol.